The highest BCUT2D eigenvalue weighted by atomic mass is 35.5. The second kappa shape index (κ2) is 5.07. The second-order valence-electron chi connectivity index (χ2n) is 5.09. The highest BCUT2D eigenvalue weighted by Crippen LogP contribution is 2.30. The van der Waals surface area contributed by atoms with Gasteiger partial charge < -0.3 is 0 Å². The maximum Gasteiger partial charge on any atom is 0.161 e. The van der Waals surface area contributed by atoms with Gasteiger partial charge in [-0.2, -0.15) is 0 Å². The number of aryl methyl sites for hydroxylation is 1. The van der Waals surface area contributed by atoms with E-state index in [-0.39, 0.29) is 0 Å². The van der Waals surface area contributed by atoms with Gasteiger partial charge in [-0.05, 0) is 23.8 Å². The van der Waals surface area contributed by atoms with Crippen LogP contribution in [0.2, 0.25) is 5.15 Å². The molecule has 0 bridgehead atoms. The zero-order valence-corrected chi connectivity index (χ0v) is 12.7. The average molecular weight is 309 g/mol. The first-order valence-electron chi connectivity index (χ1n) is 7.16. The van der Waals surface area contributed by atoms with Crippen molar-refractivity contribution in [3.05, 3.63) is 59.5 Å². The molecule has 5 heteroatoms. The van der Waals surface area contributed by atoms with Crippen LogP contribution in [0.4, 0.5) is 0 Å². The highest BCUT2D eigenvalue weighted by Gasteiger charge is 2.12. The molecule has 108 valence electrons. The smallest absolute Gasteiger partial charge is 0.161 e. The molecule has 4 nitrogen and oxygen atoms in total. The Bertz CT molecular complexity index is 976. The van der Waals surface area contributed by atoms with Crippen molar-refractivity contribution >= 4 is 28.3 Å². The largest absolute Gasteiger partial charge is 0.277 e. The first-order valence-corrected chi connectivity index (χ1v) is 7.54. The van der Waals surface area contributed by atoms with Crippen molar-refractivity contribution in [2.75, 3.05) is 0 Å². The van der Waals surface area contributed by atoms with Crippen LogP contribution in [-0.2, 0) is 6.42 Å². The molecule has 0 amide bonds. The molecular formula is C17H13ClN4. The van der Waals surface area contributed by atoms with Crippen molar-refractivity contribution in [3.8, 4) is 11.1 Å². The number of fused-ring (bicyclic) bond motifs is 3. The molecule has 0 radical (unpaired) electrons. The Hall–Kier alpha value is -2.46. The fourth-order valence-corrected chi connectivity index (χ4v) is 2.95. The number of benzene rings is 1. The Kier molecular flexibility index (Phi) is 3.05. The lowest BCUT2D eigenvalue weighted by atomic mass is 10.1. The van der Waals surface area contributed by atoms with Gasteiger partial charge in [0.05, 0.1) is 11.0 Å². The van der Waals surface area contributed by atoms with Crippen molar-refractivity contribution in [1.29, 1.82) is 0 Å². The van der Waals surface area contributed by atoms with E-state index in [1.54, 1.807) is 0 Å². The molecule has 0 saturated heterocycles. The van der Waals surface area contributed by atoms with E-state index in [0.717, 1.165) is 40.1 Å². The lowest BCUT2D eigenvalue weighted by Gasteiger charge is -2.08. The van der Waals surface area contributed by atoms with Crippen LogP contribution < -0.4 is 0 Å². The van der Waals surface area contributed by atoms with Gasteiger partial charge in [-0.25, -0.2) is 4.98 Å². The van der Waals surface area contributed by atoms with Gasteiger partial charge >= 0.3 is 0 Å². The predicted molar refractivity (Wildman–Crippen MR) is 88.1 cm³/mol. The topological polar surface area (TPSA) is 43.1 Å². The maximum absolute atomic E-state index is 6.38. The molecule has 0 atom stereocenters. The summed E-state index contributed by atoms with van der Waals surface area (Å²) in [5.41, 5.74) is 4.60. The van der Waals surface area contributed by atoms with Crippen LogP contribution in [0.5, 0.6) is 0 Å². The number of rotatable bonds is 2. The molecule has 0 fully saturated rings. The summed E-state index contributed by atoms with van der Waals surface area (Å²) in [6.07, 6.45) is 0.809. The molecule has 0 N–H and O–H groups in total. The number of hydrogen-bond acceptors (Lipinski definition) is 3. The van der Waals surface area contributed by atoms with E-state index in [1.807, 2.05) is 46.9 Å². The molecule has 3 aromatic heterocycles. The summed E-state index contributed by atoms with van der Waals surface area (Å²) in [6.45, 7) is 2.07. The number of aromatic nitrogens is 4. The van der Waals surface area contributed by atoms with E-state index in [1.165, 1.54) is 0 Å². The molecule has 0 saturated carbocycles. The first kappa shape index (κ1) is 13.2. The zero-order valence-electron chi connectivity index (χ0n) is 12.0. The Labute approximate surface area is 132 Å². The maximum atomic E-state index is 6.38. The van der Waals surface area contributed by atoms with Gasteiger partial charge in [-0.15, -0.1) is 10.2 Å². The number of hydrogen-bond donors (Lipinski definition) is 0. The van der Waals surface area contributed by atoms with Gasteiger partial charge in [0, 0.05) is 12.0 Å². The molecule has 0 aliphatic carbocycles. The van der Waals surface area contributed by atoms with E-state index in [4.69, 9.17) is 11.6 Å². The highest BCUT2D eigenvalue weighted by molar-refractivity contribution is 6.32. The molecule has 0 aliphatic rings. The summed E-state index contributed by atoms with van der Waals surface area (Å²) < 4.78 is 2.05. The van der Waals surface area contributed by atoms with E-state index in [9.17, 15) is 0 Å². The van der Waals surface area contributed by atoms with Gasteiger partial charge in [-0.1, -0.05) is 48.9 Å². The summed E-state index contributed by atoms with van der Waals surface area (Å²) in [6, 6.07) is 15.9. The van der Waals surface area contributed by atoms with E-state index in [2.05, 4.69) is 28.2 Å². The number of pyridine rings is 2. The van der Waals surface area contributed by atoms with Gasteiger partial charge in [0.2, 0.25) is 0 Å². The molecule has 4 rings (SSSR count). The van der Waals surface area contributed by atoms with Crippen LogP contribution in [-0.4, -0.2) is 19.6 Å². The second-order valence-corrected chi connectivity index (χ2v) is 5.45. The normalized spacial score (nSPS) is 11.4. The van der Waals surface area contributed by atoms with Gasteiger partial charge in [0.15, 0.2) is 5.65 Å². The van der Waals surface area contributed by atoms with Crippen molar-refractivity contribution < 1.29 is 0 Å². The van der Waals surface area contributed by atoms with Crippen LogP contribution in [0, 0.1) is 0 Å². The van der Waals surface area contributed by atoms with Gasteiger partial charge in [0.25, 0.3) is 0 Å². The Balaban J connectivity index is 2.10. The number of halogens is 1. The minimum atomic E-state index is 0.504. The van der Waals surface area contributed by atoms with Crippen molar-refractivity contribution in [1.82, 2.24) is 19.6 Å². The van der Waals surface area contributed by atoms with Crippen molar-refractivity contribution in [3.63, 3.8) is 0 Å². The van der Waals surface area contributed by atoms with Crippen LogP contribution >= 0.6 is 11.6 Å². The minimum Gasteiger partial charge on any atom is -0.277 e. The van der Waals surface area contributed by atoms with E-state index in [0.29, 0.717) is 5.15 Å². The monoisotopic (exact) mass is 308 g/mol. The zero-order chi connectivity index (χ0) is 15.1. The third-order valence-electron chi connectivity index (χ3n) is 3.77. The lowest BCUT2D eigenvalue weighted by Crippen LogP contribution is -1.97. The fourth-order valence-electron chi connectivity index (χ4n) is 2.70. The summed E-state index contributed by atoms with van der Waals surface area (Å²) in [5.74, 6) is 0.920. The van der Waals surface area contributed by atoms with Crippen LogP contribution in [0.3, 0.4) is 0 Å². The SMILES string of the molecule is CCc1nnc2ccc3nc(Cl)c(-c4ccccc4)cc3n12. The molecule has 3 heterocycles. The molecule has 1 aromatic carbocycles. The first-order chi connectivity index (χ1) is 10.8. The third kappa shape index (κ3) is 1.96. The van der Waals surface area contributed by atoms with E-state index < -0.39 is 0 Å². The van der Waals surface area contributed by atoms with Crippen LogP contribution in [0.15, 0.2) is 48.5 Å². The summed E-state index contributed by atoms with van der Waals surface area (Å²) >= 11 is 6.38. The van der Waals surface area contributed by atoms with E-state index >= 15 is 0 Å². The molecule has 0 aliphatic heterocycles. The molecule has 0 unspecified atom stereocenters. The number of nitrogens with zero attached hydrogens (tertiary/aromatic N) is 4. The summed E-state index contributed by atoms with van der Waals surface area (Å²) in [4.78, 5) is 4.55. The Morgan fingerprint density at radius 1 is 1.05 bits per heavy atom. The fraction of sp³-hybridized carbons (Fsp3) is 0.118. The third-order valence-corrected chi connectivity index (χ3v) is 4.06. The lowest BCUT2D eigenvalue weighted by molar-refractivity contribution is 0.922. The Morgan fingerprint density at radius 2 is 1.86 bits per heavy atom. The quantitative estimate of drug-likeness (QED) is 0.522. The molecule has 4 aromatic rings. The van der Waals surface area contributed by atoms with Crippen molar-refractivity contribution in [2.45, 2.75) is 13.3 Å². The molecule has 0 spiro atoms. The molecule has 22 heavy (non-hydrogen) atoms. The average Bonchev–Trinajstić information content (AvgIpc) is 2.98. The summed E-state index contributed by atoms with van der Waals surface area (Å²) in [7, 11) is 0. The Morgan fingerprint density at radius 3 is 2.64 bits per heavy atom. The van der Waals surface area contributed by atoms with Gasteiger partial charge in [0.1, 0.15) is 11.0 Å². The minimum absolute atomic E-state index is 0.504. The molecular weight excluding hydrogens is 296 g/mol. The van der Waals surface area contributed by atoms with Crippen molar-refractivity contribution in [2.24, 2.45) is 0 Å². The van der Waals surface area contributed by atoms with Crippen LogP contribution in [0.1, 0.15) is 12.7 Å². The standard InChI is InChI=1S/C17H13ClN4/c1-2-15-20-21-16-9-8-13-14(22(15)16)10-12(17(18)19-13)11-6-4-3-5-7-11/h3-10H,2H2,1H3. The predicted octanol–water partition coefficient (Wildman–Crippen LogP) is 4.16. The van der Waals surface area contributed by atoms with Gasteiger partial charge in [-0.3, -0.25) is 4.40 Å². The summed E-state index contributed by atoms with van der Waals surface area (Å²) in [5, 5.41) is 8.96. The van der Waals surface area contributed by atoms with Crippen LogP contribution in [0.25, 0.3) is 27.8 Å².